The van der Waals surface area contributed by atoms with E-state index in [1.54, 1.807) is 0 Å². The molecule has 2 aliphatic rings. The van der Waals surface area contributed by atoms with Crippen molar-refractivity contribution in [2.24, 2.45) is 5.14 Å². The second-order valence-corrected chi connectivity index (χ2v) is 7.91. The van der Waals surface area contributed by atoms with Gasteiger partial charge in [0.1, 0.15) is 5.69 Å². The molecule has 1 aromatic rings. The summed E-state index contributed by atoms with van der Waals surface area (Å²) in [5.41, 5.74) is 0.211. The smallest absolute Gasteiger partial charge is 0.293 e. The first-order valence-corrected chi connectivity index (χ1v) is 9.80. The molecule has 2 saturated heterocycles. The number of benzene rings is 1. The van der Waals surface area contributed by atoms with Gasteiger partial charge in [-0.3, -0.25) is 10.1 Å². The molecule has 10 heteroatoms. The van der Waals surface area contributed by atoms with Gasteiger partial charge >= 0.3 is 0 Å². The van der Waals surface area contributed by atoms with E-state index in [1.165, 1.54) is 12.1 Å². The van der Waals surface area contributed by atoms with Gasteiger partial charge in [-0.1, -0.05) is 0 Å². The fourth-order valence-corrected chi connectivity index (χ4v) is 4.11. The van der Waals surface area contributed by atoms with Gasteiger partial charge in [-0.15, -0.1) is 0 Å². The minimum Gasteiger partial charge on any atom is -0.381 e. The SMILES string of the molecule is NS(=O)(=O)c1ccc(N(C2CCOCC2)C2CCNC2)c([N+](=O)[O-])c1. The molecule has 0 spiro atoms. The van der Waals surface area contributed by atoms with Crippen molar-refractivity contribution in [2.75, 3.05) is 31.2 Å². The van der Waals surface area contributed by atoms with Gasteiger partial charge < -0.3 is 15.0 Å². The maximum absolute atomic E-state index is 11.6. The summed E-state index contributed by atoms with van der Waals surface area (Å²) in [7, 11) is -4.00. The van der Waals surface area contributed by atoms with Crippen molar-refractivity contribution in [3.63, 3.8) is 0 Å². The first-order chi connectivity index (χ1) is 11.9. The van der Waals surface area contributed by atoms with Gasteiger partial charge in [0.2, 0.25) is 10.0 Å². The average Bonchev–Trinajstić information content (AvgIpc) is 3.09. The lowest BCUT2D eigenvalue weighted by Crippen LogP contribution is -2.47. The molecule has 0 aliphatic carbocycles. The molecule has 1 unspecified atom stereocenters. The van der Waals surface area contributed by atoms with Crippen molar-refractivity contribution in [2.45, 2.75) is 36.2 Å². The van der Waals surface area contributed by atoms with Crippen LogP contribution in [0.4, 0.5) is 11.4 Å². The highest BCUT2D eigenvalue weighted by Crippen LogP contribution is 2.36. The molecule has 138 valence electrons. The summed E-state index contributed by atoms with van der Waals surface area (Å²) in [6, 6.07) is 4.15. The summed E-state index contributed by atoms with van der Waals surface area (Å²) in [6.45, 7) is 2.83. The number of nitrogens with one attached hydrogen (secondary N) is 1. The summed E-state index contributed by atoms with van der Waals surface area (Å²) in [5, 5.41) is 20.0. The summed E-state index contributed by atoms with van der Waals surface area (Å²) in [6.07, 6.45) is 2.45. The number of nitro benzene ring substituents is 1. The second-order valence-electron chi connectivity index (χ2n) is 6.35. The van der Waals surface area contributed by atoms with E-state index in [0.717, 1.165) is 38.4 Å². The first-order valence-electron chi connectivity index (χ1n) is 8.26. The predicted octanol–water partition coefficient (Wildman–Crippen LogP) is 0.590. The molecule has 2 heterocycles. The van der Waals surface area contributed by atoms with E-state index in [9.17, 15) is 18.5 Å². The van der Waals surface area contributed by atoms with Crippen molar-refractivity contribution in [1.82, 2.24) is 5.32 Å². The minimum absolute atomic E-state index is 0.123. The highest BCUT2D eigenvalue weighted by molar-refractivity contribution is 7.89. The Morgan fingerprint density at radius 1 is 1.24 bits per heavy atom. The number of nitrogens with two attached hydrogens (primary N) is 1. The number of rotatable bonds is 5. The van der Waals surface area contributed by atoms with Crippen LogP contribution < -0.4 is 15.4 Å². The lowest BCUT2D eigenvalue weighted by Gasteiger charge is -2.39. The number of sulfonamides is 1. The minimum atomic E-state index is -4.00. The molecular formula is C15H22N4O5S. The van der Waals surface area contributed by atoms with Gasteiger partial charge in [0, 0.05) is 37.9 Å². The third-order valence-corrected chi connectivity index (χ3v) is 5.67. The number of hydrogen-bond donors (Lipinski definition) is 2. The highest BCUT2D eigenvalue weighted by Gasteiger charge is 2.34. The van der Waals surface area contributed by atoms with E-state index >= 15 is 0 Å². The van der Waals surface area contributed by atoms with Crippen molar-refractivity contribution in [1.29, 1.82) is 0 Å². The lowest BCUT2D eigenvalue weighted by atomic mass is 10.0. The molecule has 1 aromatic carbocycles. The van der Waals surface area contributed by atoms with E-state index in [2.05, 4.69) is 10.2 Å². The first kappa shape index (κ1) is 18.1. The Kier molecular flexibility index (Phi) is 5.23. The Morgan fingerprint density at radius 3 is 2.52 bits per heavy atom. The average molecular weight is 370 g/mol. The predicted molar refractivity (Wildman–Crippen MR) is 92.1 cm³/mol. The molecule has 0 amide bonds. The maximum Gasteiger partial charge on any atom is 0.293 e. The number of hydrogen-bond acceptors (Lipinski definition) is 7. The van der Waals surface area contributed by atoms with Crippen LogP contribution in [-0.2, 0) is 14.8 Å². The van der Waals surface area contributed by atoms with Crippen LogP contribution in [0.25, 0.3) is 0 Å². The summed E-state index contributed by atoms with van der Waals surface area (Å²) in [4.78, 5) is 12.9. The summed E-state index contributed by atoms with van der Waals surface area (Å²) < 4.78 is 28.5. The molecule has 3 N–H and O–H groups in total. The third kappa shape index (κ3) is 3.92. The van der Waals surface area contributed by atoms with Gasteiger partial charge in [-0.05, 0) is 37.9 Å². The molecule has 1 atom stereocenters. The van der Waals surface area contributed by atoms with Crippen LogP contribution in [0.5, 0.6) is 0 Å². The fourth-order valence-electron chi connectivity index (χ4n) is 3.58. The molecule has 0 aromatic heterocycles. The third-order valence-electron chi connectivity index (χ3n) is 4.76. The van der Waals surface area contributed by atoms with E-state index < -0.39 is 14.9 Å². The van der Waals surface area contributed by atoms with Gasteiger partial charge in [-0.2, -0.15) is 0 Å². The van der Waals surface area contributed by atoms with Crippen molar-refractivity contribution in [3.05, 3.63) is 28.3 Å². The van der Waals surface area contributed by atoms with Crippen molar-refractivity contribution < 1.29 is 18.1 Å². The fraction of sp³-hybridized carbons (Fsp3) is 0.600. The molecule has 0 bridgehead atoms. The van der Waals surface area contributed by atoms with Crippen LogP contribution >= 0.6 is 0 Å². The number of ether oxygens (including phenoxy) is 1. The zero-order valence-electron chi connectivity index (χ0n) is 13.8. The molecule has 9 nitrogen and oxygen atoms in total. The Labute approximate surface area is 146 Å². The topological polar surface area (TPSA) is 128 Å². The molecule has 0 saturated carbocycles. The Hall–Kier alpha value is -1.75. The van der Waals surface area contributed by atoms with Crippen LogP contribution in [-0.4, -0.2) is 51.7 Å². The van der Waals surface area contributed by atoms with Crippen molar-refractivity contribution in [3.8, 4) is 0 Å². The number of nitro groups is 1. The van der Waals surface area contributed by atoms with Crippen molar-refractivity contribution >= 4 is 21.4 Å². The molecular weight excluding hydrogens is 348 g/mol. The molecule has 25 heavy (non-hydrogen) atoms. The molecule has 0 radical (unpaired) electrons. The van der Waals surface area contributed by atoms with Gasteiger partial charge in [0.05, 0.1) is 9.82 Å². The van der Waals surface area contributed by atoms with Crippen LogP contribution in [0, 0.1) is 10.1 Å². The lowest BCUT2D eigenvalue weighted by molar-refractivity contribution is -0.384. The highest BCUT2D eigenvalue weighted by atomic mass is 32.2. The molecule has 3 rings (SSSR count). The number of nitrogens with zero attached hydrogens (tertiary/aromatic N) is 2. The van der Waals surface area contributed by atoms with E-state index in [4.69, 9.17) is 9.88 Å². The Bertz CT molecular complexity index is 742. The van der Waals surface area contributed by atoms with Gasteiger partial charge in [-0.25, -0.2) is 13.6 Å². The zero-order valence-corrected chi connectivity index (χ0v) is 14.6. The van der Waals surface area contributed by atoms with E-state index in [0.29, 0.717) is 18.9 Å². The van der Waals surface area contributed by atoms with Crippen LogP contribution in [0.15, 0.2) is 23.1 Å². The summed E-state index contributed by atoms with van der Waals surface area (Å²) >= 11 is 0. The number of primary sulfonamides is 1. The van der Waals surface area contributed by atoms with E-state index in [-0.39, 0.29) is 22.7 Å². The Morgan fingerprint density at radius 2 is 1.96 bits per heavy atom. The largest absolute Gasteiger partial charge is 0.381 e. The van der Waals surface area contributed by atoms with Crippen LogP contribution in [0.1, 0.15) is 19.3 Å². The Balaban J connectivity index is 2.06. The zero-order chi connectivity index (χ0) is 18.0. The van der Waals surface area contributed by atoms with Crippen LogP contribution in [0.2, 0.25) is 0 Å². The second kappa shape index (κ2) is 7.24. The van der Waals surface area contributed by atoms with Gasteiger partial charge in [0.25, 0.3) is 5.69 Å². The summed E-state index contributed by atoms with van der Waals surface area (Å²) in [5.74, 6) is 0. The molecule has 2 aliphatic heterocycles. The number of anilines is 1. The quantitative estimate of drug-likeness (QED) is 0.573. The monoisotopic (exact) mass is 370 g/mol. The van der Waals surface area contributed by atoms with E-state index in [1.807, 2.05) is 0 Å². The van der Waals surface area contributed by atoms with Crippen LogP contribution in [0.3, 0.4) is 0 Å². The standard InChI is InChI=1S/C15H22N4O5S/c16-25(22,23)13-1-2-14(15(9-13)19(20)21)18(12-3-6-17-10-12)11-4-7-24-8-5-11/h1-2,9,11-12,17H,3-8,10H2,(H2,16,22,23). The maximum atomic E-state index is 11.6. The molecule has 2 fully saturated rings. The van der Waals surface area contributed by atoms with Gasteiger partial charge in [0.15, 0.2) is 0 Å². The normalized spacial score (nSPS) is 22.0.